The lowest BCUT2D eigenvalue weighted by atomic mass is 9.97. The van der Waals surface area contributed by atoms with E-state index in [9.17, 15) is 8.42 Å². The number of hydrogen-bond acceptors (Lipinski definition) is 5. The van der Waals surface area contributed by atoms with Crippen molar-refractivity contribution in [2.24, 2.45) is 5.92 Å². The van der Waals surface area contributed by atoms with Crippen molar-refractivity contribution < 1.29 is 17.9 Å². The van der Waals surface area contributed by atoms with Crippen molar-refractivity contribution in [3.05, 3.63) is 0 Å². The lowest BCUT2D eigenvalue weighted by molar-refractivity contribution is 0.149. The summed E-state index contributed by atoms with van der Waals surface area (Å²) in [4.78, 5) is 0. The van der Waals surface area contributed by atoms with Crippen molar-refractivity contribution in [1.29, 1.82) is 0 Å². The minimum Gasteiger partial charge on any atom is -0.383 e. The van der Waals surface area contributed by atoms with Crippen LogP contribution in [0.4, 0.5) is 0 Å². The first-order valence-corrected chi connectivity index (χ1v) is 8.41. The third-order valence-corrected chi connectivity index (χ3v) is 5.16. The molecule has 0 aromatic heterocycles. The van der Waals surface area contributed by atoms with Gasteiger partial charge in [0.25, 0.3) is 10.2 Å². The first-order valence-electron chi connectivity index (χ1n) is 6.97. The van der Waals surface area contributed by atoms with Crippen LogP contribution in [-0.2, 0) is 19.7 Å². The normalized spacial score (nSPS) is 24.2. The summed E-state index contributed by atoms with van der Waals surface area (Å²) >= 11 is 0. The quantitative estimate of drug-likeness (QED) is 0.595. The Morgan fingerprint density at radius 1 is 1.25 bits per heavy atom. The van der Waals surface area contributed by atoms with Crippen LogP contribution in [-0.4, -0.2) is 72.4 Å². The van der Waals surface area contributed by atoms with E-state index in [0.29, 0.717) is 26.3 Å². The fourth-order valence-electron chi connectivity index (χ4n) is 2.19. The SMILES string of the molecule is COCCN(CCOC)S(=O)(=O)NC1CCNCC1C. The van der Waals surface area contributed by atoms with E-state index in [1.54, 1.807) is 14.2 Å². The van der Waals surface area contributed by atoms with Crippen LogP contribution in [0.1, 0.15) is 13.3 Å². The molecule has 1 rings (SSSR count). The van der Waals surface area contributed by atoms with Crippen LogP contribution in [0.2, 0.25) is 0 Å². The second-order valence-electron chi connectivity index (χ2n) is 5.08. The molecule has 0 radical (unpaired) electrons. The van der Waals surface area contributed by atoms with E-state index in [2.05, 4.69) is 10.0 Å². The molecule has 0 aromatic rings. The van der Waals surface area contributed by atoms with Crippen molar-refractivity contribution in [3.8, 4) is 0 Å². The number of methoxy groups -OCH3 is 2. The summed E-state index contributed by atoms with van der Waals surface area (Å²) in [6.45, 7) is 5.12. The first-order chi connectivity index (χ1) is 9.51. The van der Waals surface area contributed by atoms with Crippen LogP contribution in [0.3, 0.4) is 0 Å². The van der Waals surface area contributed by atoms with Gasteiger partial charge in [0.1, 0.15) is 0 Å². The molecule has 0 aromatic carbocycles. The summed E-state index contributed by atoms with van der Waals surface area (Å²) in [6.07, 6.45) is 0.808. The van der Waals surface area contributed by atoms with Gasteiger partial charge in [-0.05, 0) is 25.4 Å². The van der Waals surface area contributed by atoms with Gasteiger partial charge in [-0.3, -0.25) is 0 Å². The van der Waals surface area contributed by atoms with Gasteiger partial charge >= 0.3 is 0 Å². The third-order valence-electron chi connectivity index (χ3n) is 3.52. The van der Waals surface area contributed by atoms with Crippen LogP contribution in [0, 0.1) is 5.92 Å². The van der Waals surface area contributed by atoms with E-state index >= 15 is 0 Å². The minimum atomic E-state index is -3.50. The van der Waals surface area contributed by atoms with E-state index in [0.717, 1.165) is 19.5 Å². The van der Waals surface area contributed by atoms with Crippen molar-refractivity contribution in [1.82, 2.24) is 14.3 Å². The molecule has 2 N–H and O–H groups in total. The molecule has 1 saturated heterocycles. The van der Waals surface area contributed by atoms with Crippen LogP contribution < -0.4 is 10.0 Å². The third kappa shape index (κ3) is 5.63. The van der Waals surface area contributed by atoms with E-state index in [1.165, 1.54) is 4.31 Å². The number of hydrogen-bond donors (Lipinski definition) is 2. The molecule has 0 aliphatic carbocycles. The van der Waals surface area contributed by atoms with Gasteiger partial charge in [0.2, 0.25) is 0 Å². The molecular formula is C12H27N3O4S. The fraction of sp³-hybridized carbons (Fsp3) is 1.00. The van der Waals surface area contributed by atoms with Gasteiger partial charge < -0.3 is 14.8 Å². The van der Waals surface area contributed by atoms with Gasteiger partial charge in [-0.15, -0.1) is 0 Å². The molecular weight excluding hydrogens is 282 g/mol. The van der Waals surface area contributed by atoms with Crippen molar-refractivity contribution in [3.63, 3.8) is 0 Å². The number of ether oxygens (including phenoxy) is 2. The molecule has 1 fully saturated rings. The standard InChI is InChI=1S/C12H27N3O4S/c1-11-10-13-5-4-12(11)14-20(16,17)15(6-8-18-2)7-9-19-3/h11-14H,4-10H2,1-3H3. The monoisotopic (exact) mass is 309 g/mol. The molecule has 2 atom stereocenters. The molecule has 1 heterocycles. The molecule has 0 saturated carbocycles. The van der Waals surface area contributed by atoms with Crippen molar-refractivity contribution in [2.75, 3.05) is 53.6 Å². The summed E-state index contributed by atoms with van der Waals surface area (Å²) in [5, 5.41) is 3.26. The van der Waals surface area contributed by atoms with Crippen molar-refractivity contribution in [2.45, 2.75) is 19.4 Å². The maximum Gasteiger partial charge on any atom is 0.279 e. The molecule has 8 heteroatoms. The summed E-state index contributed by atoms with van der Waals surface area (Å²) in [6, 6.07) is -0.0196. The zero-order chi connectivity index (χ0) is 15.0. The summed E-state index contributed by atoms with van der Waals surface area (Å²) in [7, 11) is -0.386. The van der Waals surface area contributed by atoms with Crippen LogP contribution >= 0.6 is 0 Å². The average Bonchev–Trinajstić information content (AvgIpc) is 2.41. The topological polar surface area (TPSA) is 79.9 Å². The average molecular weight is 309 g/mol. The van der Waals surface area contributed by atoms with E-state index in [1.807, 2.05) is 6.92 Å². The van der Waals surface area contributed by atoms with Crippen molar-refractivity contribution >= 4 is 10.2 Å². The molecule has 1 aliphatic heterocycles. The lowest BCUT2D eigenvalue weighted by Gasteiger charge is -2.32. The summed E-state index contributed by atoms with van der Waals surface area (Å²) in [5.41, 5.74) is 0. The zero-order valence-electron chi connectivity index (χ0n) is 12.6. The molecule has 0 amide bonds. The van der Waals surface area contributed by atoms with Crippen LogP contribution in [0.25, 0.3) is 0 Å². The minimum absolute atomic E-state index is 0.0196. The second-order valence-corrected chi connectivity index (χ2v) is 6.79. The molecule has 2 unspecified atom stereocenters. The highest BCUT2D eigenvalue weighted by Crippen LogP contribution is 2.12. The van der Waals surface area contributed by atoms with E-state index in [4.69, 9.17) is 9.47 Å². The Morgan fingerprint density at radius 3 is 2.35 bits per heavy atom. The Balaban J connectivity index is 2.64. The first kappa shape index (κ1) is 17.8. The predicted octanol–water partition coefficient (Wildman–Crippen LogP) is -0.586. The number of nitrogens with one attached hydrogen (secondary N) is 2. The largest absolute Gasteiger partial charge is 0.383 e. The Kier molecular flexibility index (Phi) is 7.93. The highest BCUT2D eigenvalue weighted by molar-refractivity contribution is 7.87. The van der Waals surface area contributed by atoms with Gasteiger partial charge in [0, 0.05) is 33.4 Å². The van der Waals surface area contributed by atoms with Gasteiger partial charge in [-0.1, -0.05) is 6.92 Å². The molecule has 120 valence electrons. The smallest absolute Gasteiger partial charge is 0.279 e. The van der Waals surface area contributed by atoms with E-state index in [-0.39, 0.29) is 12.0 Å². The lowest BCUT2D eigenvalue weighted by Crippen LogP contribution is -2.53. The highest BCUT2D eigenvalue weighted by Gasteiger charge is 2.29. The zero-order valence-corrected chi connectivity index (χ0v) is 13.4. The van der Waals surface area contributed by atoms with Gasteiger partial charge in [-0.2, -0.15) is 17.4 Å². The maximum absolute atomic E-state index is 12.4. The van der Waals surface area contributed by atoms with Gasteiger partial charge in [0.05, 0.1) is 13.2 Å². The Hall–Kier alpha value is -0.250. The summed E-state index contributed by atoms with van der Waals surface area (Å²) in [5.74, 6) is 0.283. The van der Waals surface area contributed by atoms with Gasteiger partial charge in [-0.25, -0.2) is 0 Å². The summed E-state index contributed by atoms with van der Waals surface area (Å²) < 4.78 is 39.0. The Bertz CT molecular complexity index is 356. The molecule has 1 aliphatic rings. The highest BCUT2D eigenvalue weighted by atomic mass is 32.2. The molecule has 0 bridgehead atoms. The Labute approximate surface area is 122 Å². The molecule has 7 nitrogen and oxygen atoms in total. The van der Waals surface area contributed by atoms with E-state index < -0.39 is 10.2 Å². The Morgan fingerprint density at radius 2 is 1.85 bits per heavy atom. The number of rotatable bonds is 9. The number of piperidine rings is 1. The molecule has 20 heavy (non-hydrogen) atoms. The van der Waals surface area contributed by atoms with Crippen LogP contribution in [0.15, 0.2) is 0 Å². The predicted molar refractivity (Wildman–Crippen MR) is 77.8 cm³/mol. The molecule has 0 spiro atoms. The van der Waals surface area contributed by atoms with Crippen LogP contribution in [0.5, 0.6) is 0 Å². The second kappa shape index (κ2) is 8.91. The van der Waals surface area contributed by atoms with Gasteiger partial charge in [0.15, 0.2) is 0 Å². The number of nitrogens with zero attached hydrogens (tertiary/aromatic N) is 1. The maximum atomic E-state index is 12.4. The fourth-order valence-corrected chi connectivity index (χ4v) is 3.70.